The van der Waals surface area contributed by atoms with Crippen LogP contribution in [-0.2, 0) is 24.2 Å². The number of hydrogen-bond donors (Lipinski definition) is 1. The minimum absolute atomic E-state index is 0.617. The summed E-state index contributed by atoms with van der Waals surface area (Å²) in [5, 5.41) is 4.61. The van der Waals surface area contributed by atoms with Crippen LogP contribution >= 0.6 is 0 Å². The minimum atomic E-state index is 0.617. The molecule has 0 saturated carbocycles. The van der Waals surface area contributed by atoms with Crippen LogP contribution < -0.4 is 5.32 Å². The van der Waals surface area contributed by atoms with E-state index in [4.69, 9.17) is 9.72 Å². The molecule has 1 aromatic heterocycles. The van der Waals surface area contributed by atoms with Gasteiger partial charge in [-0.2, -0.15) is 0 Å². The standard InChI is InChI=1S/C16H20N2O/c1-17-16-12-7-3-4-9-14(12)18-15-11(10-19-2)6-5-8-13(15)16/h5-6,8H,3-4,7,9-10H2,1-2H3,(H,17,18). The monoisotopic (exact) mass is 256 g/mol. The Labute approximate surface area is 114 Å². The highest BCUT2D eigenvalue weighted by atomic mass is 16.5. The summed E-state index contributed by atoms with van der Waals surface area (Å²) in [6, 6.07) is 6.35. The molecule has 0 unspecified atom stereocenters. The Morgan fingerprint density at radius 3 is 2.89 bits per heavy atom. The maximum Gasteiger partial charge on any atom is 0.0781 e. The number of fused-ring (bicyclic) bond motifs is 2. The van der Waals surface area contributed by atoms with Crippen molar-refractivity contribution in [3.8, 4) is 0 Å². The number of aryl methyl sites for hydroxylation is 1. The van der Waals surface area contributed by atoms with Gasteiger partial charge in [0.25, 0.3) is 0 Å². The SMILES string of the molecule is CNc1c2c(nc3c(COC)cccc13)CCCC2. The summed E-state index contributed by atoms with van der Waals surface area (Å²) in [4.78, 5) is 4.92. The topological polar surface area (TPSA) is 34.2 Å². The van der Waals surface area contributed by atoms with E-state index in [1.54, 1.807) is 7.11 Å². The highest BCUT2D eigenvalue weighted by Gasteiger charge is 2.18. The van der Waals surface area contributed by atoms with Crippen LogP contribution in [-0.4, -0.2) is 19.1 Å². The Kier molecular flexibility index (Phi) is 3.38. The van der Waals surface area contributed by atoms with Gasteiger partial charge in [0.1, 0.15) is 0 Å². The number of rotatable bonds is 3. The van der Waals surface area contributed by atoms with Crippen LogP contribution in [0.1, 0.15) is 29.7 Å². The summed E-state index contributed by atoms with van der Waals surface area (Å²) in [5.41, 5.74) is 6.21. The molecule has 3 heteroatoms. The van der Waals surface area contributed by atoms with Crippen molar-refractivity contribution in [1.29, 1.82) is 0 Å². The molecule has 0 amide bonds. The number of hydrogen-bond acceptors (Lipinski definition) is 3. The zero-order valence-electron chi connectivity index (χ0n) is 11.6. The highest BCUT2D eigenvalue weighted by molar-refractivity contribution is 5.95. The molecule has 1 aliphatic carbocycles. The van der Waals surface area contributed by atoms with Crippen molar-refractivity contribution in [2.75, 3.05) is 19.5 Å². The van der Waals surface area contributed by atoms with E-state index in [-0.39, 0.29) is 0 Å². The summed E-state index contributed by atoms with van der Waals surface area (Å²) in [7, 11) is 3.74. The van der Waals surface area contributed by atoms with Gasteiger partial charge in [0, 0.05) is 36.5 Å². The van der Waals surface area contributed by atoms with Crippen LogP contribution in [0.3, 0.4) is 0 Å². The molecular formula is C16H20N2O. The summed E-state index contributed by atoms with van der Waals surface area (Å²) in [5.74, 6) is 0. The molecule has 0 saturated heterocycles. The minimum Gasteiger partial charge on any atom is -0.387 e. The number of aromatic nitrogens is 1. The lowest BCUT2D eigenvalue weighted by atomic mass is 9.92. The predicted molar refractivity (Wildman–Crippen MR) is 78.6 cm³/mol. The van der Waals surface area contributed by atoms with Gasteiger partial charge in [-0.3, -0.25) is 4.98 Å². The maximum atomic E-state index is 5.29. The molecule has 3 nitrogen and oxygen atoms in total. The lowest BCUT2D eigenvalue weighted by molar-refractivity contribution is 0.186. The second kappa shape index (κ2) is 5.17. The Balaban J connectivity index is 2.29. The average molecular weight is 256 g/mol. The first kappa shape index (κ1) is 12.4. The van der Waals surface area contributed by atoms with E-state index in [0.29, 0.717) is 6.61 Å². The van der Waals surface area contributed by atoms with Crippen LogP contribution in [0.4, 0.5) is 5.69 Å². The van der Waals surface area contributed by atoms with Crippen molar-refractivity contribution < 1.29 is 4.74 Å². The molecule has 0 aliphatic heterocycles. The fraction of sp³-hybridized carbons (Fsp3) is 0.438. The largest absolute Gasteiger partial charge is 0.387 e. The molecule has 3 rings (SSSR count). The van der Waals surface area contributed by atoms with Gasteiger partial charge in [-0.05, 0) is 31.2 Å². The fourth-order valence-corrected chi connectivity index (χ4v) is 3.06. The average Bonchev–Trinajstić information content (AvgIpc) is 2.45. The fourth-order valence-electron chi connectivity index (χ4n) is 3.06. The lowest BCUT2D eigenvalue weighted by Gasteiger charge is -2.21. The number of methoxy groups -OCH3 is 1. The Hall–Kier alpha value is -1.61. The molecule has 1 heterocycles. The van der Waals surface area contributed by atoms with E-state index in [2.05, 4.69) is 23.5 Å². The summed E-state index contributed by atoms with van der Waals surface area (Å²) in [6.07, 6.45) is 4.76. The van der Waals surface area contributed by atoms with Crippen LogP contribution in [0.25, 0.3) is 10.9 Å². The second-order valence-electron chi connectivity index (χ2n) is 5.12. The molecule has 1 N–H and O–H groups in total. The maximum absolute atomic E-state index is 5.29. The lowest BCUT2D eigenvalue weighted by Crippen LogP contribution is -2.10. The third kappa shape index (κ3) is 2.08. The molecule has 100 valence electrons. The van der Waals surface area contributed by atoms with E-state index in [9.17, 15) is 0 Å². The first-order valence-electron chi connectivity index (χ1n) is 6.95. The van der Waals surface area contributed by atoms with E-state index in [0.717, 1.165) is 18.4 Å². The van der Waals surface area contributed by atoms with Gasteiger partial charge in [0.05, 0.1) is 12.1 Å². The first-order chi connectivity index (χ1) is 9.35. The third-order valence-electron chi connectivity index (χ3n) is 3.93. The molecule has 2 aromatic rings. The van der Waals surface area contributed by atoms with Crippen molar-refractivity contribution >= 4 is 16.6 Å². The van der Waals surface area contributed by atoms with Gasteiger partial charge in [0.15, 0.2) is 0 Å². The number of benzene rings is 1. The van der Waals surface area contributed by atoms with E-state index < -0.39 is 0 Å². The Morgan fingerprint density at radius 2 is 2.11 bits per heavy atom. The van der Waals surface area contributed by atoms with Crippen LogP contribution in [0.2, 0.25) is 0 Å². The zero-order valence-corrected chi connectivity index (χ0v) is 11.6. The van der Waals surface area contributed by atoms with Crippen molar-refractivity contribution in [2.24, 2.45) is 0 Å². The van der Waals surface area contributed by atoms with Crippen LogP contribution in [0.15, 0.2) is 18.2 Å². The van der Waals surface area contributed by atoms with Crippen molar-refractivity contribution in [3.63, 3.8) is 0 Å². The van der Waals surface area contributed by atoms with Gasteiger partial charge < -0.3 is 10.1 Å². The molecule has 1 aromatic carbocycles. The van der Waals surface area contributed by atoms with Crippen molar-refractivity contribution in [1.82, 2.24) is 4.98 Å². The normalized spacial score (nSPS) is 14.4. The smallest absolute Gasteiger partial charge is 0.0781 e. The van der Waals surface area contributed by atoms with Gasteiger partial charge in [-0.25, -0.2) is 0 Å². The van der Waals surface area contributed by atoms with E-state index >= 15 is 0 Å². The predicted octanol–water partition coefficient (Wildman–Crippen LogP) is 3.30. The Bertz CT molecular complexity index is 607. The molecule has 0 radical (unpaired) electrons. The zero-order chi connectivity index (χ0) is 13.2. The molecule has 0 spiro atoms. The molecule has 0 atom stereocenters. The second-order valence-corrected chi connectivity index (χ2v) is 5.12. The van der Waals surface area contributed by atoms with Gasteiger partial charge >= 0.3 is 0 Å². The van der Waals surface area contributed by atoms with Crippen molar-refractivity contribution in [2.45, 2.75) is 32.3 Å². The Morgan fingerprint density at radius 1 is 1.26 bits per heavy atom. The van der Waals surface area contributed by atoms with Crippen LogP contribution in [0, 0.1) is 0 Å². The summed E-state index contributed by atoms with van der Waals surface area (Å²) >= 11 is 0. The summed E-state index contributed by atoms with van der Waals surface area (Å²) in [6.45, 7) is 0.617. The number of para-hydroxylation sites is 1. The van der Waals surface area contributed by atoms with Crippen LogP contribution in [0.5, 0.6) is 0 Å². The van der Waals surface area contributed by atoms with Gasteiger partial charge in [-0.15, -0.1) is 0 Å². The summed E-state index contributed by atoms with van der Waals surface area (Å²) < 4.78 is 5.29. The molecule has 1 aliphatic rings. The molecule has 0 fully saturated rings. The number of anilines is 1. The highest BCUT2D eigenvalue weighted by Crippen LogP contribution is 2.34. The molecular weight excluding hydrogens is 236 g/mol. The number of nitrogens with one attached hydrogen (secondary N) is 1. The van der Waals surface area contributed by atoms with Gasteiger partial charge in [0.2, 0.25) is 0 Å². The van der Waals surface area contributed by atoms with E-state index in [1.807, 2.05) is 7.05 Å². The number of ether oxygens (including phenoxy) is 1. The van der Waals surface area contributed by atoms with Crippen molar-refractivity contribution in [3.05, 3.63) is 35.0 Å². The number of pyridine rings is 1. The first-order valence-corrected chi connectivity index (χ1v) is 6.95. The van der Waals surface area contributed by atoms with Gasteiger partial charge in [-0.1, -0.05) is 18.2 Å². The third-order valence-corrected chi connectivity index (χ3v) is 3.93. The molecule has 19 heavy (non-hydrogen) atoms. The molecule has 0 bridgehead atoms. The van der Waals surface area contributed by atoms with E-state index in [1.165, 1.54) is 40.7 Å². The quantitative estimate of drug-likeness (QED) is 0.915. The number of nitrogens with zero attached hydrogens (tertiary/aromatic N) is 1.